The van der Waals surface area contributed by atoms with Gasteiger partial charge in [0.15, 0.2) is 0 Å². The maximum absolute atomic E-state index is 12.5. The number of carbonyl (C=O) groups is 1. The summed E-state index contributed by atoms with van der Waals surface area (Å²) in [6.45, 7) is 5.42. The first-order valence-corrected chi connectivity index (χ1v) is 10.2. The Hall–Kier alpha value is -3.07. The molecule has 1 aliphatic heterocycles. The van der Waals surface area contributed by atoms with Crippen LogP contribution < -0.4 is 15.0 Å². The van der Waals surface area contributed by atoms with E-state index in [2.05, 4.69) is 25.2 Å². The molecule has 0 aliphatic carbocycles. The van der Waals surface area contributed by atoms with Crippen LogP contribution in [0.4, 0.5) is 5.95 Å². The van der Waals surface area contributed by atoms with Crippen molar-refractivity contribution >= 4 is 23.2 Å². The van der Waals surface area contributed by atoms with Crippen LogP contribution in [-0.4, -0.2) is 52.1 Å². The number of aryl methyl sites for hydroxylation is 2. The minimum Gasteiger partial charge on any atom is -0.481 e. The van der Waals surface area contributed by atoms with Crippen LogP contribution in [0.2, 0.25) is 0 Å². The molecule has 3 aromatic heterocycles. The molecule has 150 valence electrons. The lowest BCUT2D eigenvalue weighted by Gasteiger charge is -2.17. The first-order valence-electron chi connectivity index (χ1n) is 9.38. The molecule has 1 unspecified atom stereocenters. The molecule has 29 heavy (non-hydrogen) atoms. The number of hydrogen-bond acceptors (Lipinski definition) is 8. The largest absolute Gasteiger partial charge is 0.481 e. The van der Waals surface area contributed by atoms with E-state index in [4.69, 9.17) is 9.72 Å². The highest BCUT2D eigenvalue weighted by Crippen LogP contribution is 2.29. The number of nitrogens with zero attached hydrogens (tertiary/aromatic N) is 5. The van der Waals surface area contributed by atoms with E-state index in [1.807, 2.05) is 19.9 Å². The number of hydrogen-bond donors (Lipinski definition) is 1. The number of methoxy groups -OCH3 is 1. The van der Waals surface area contributed by atoms with Gasteiger partial charge in [0.05, 0.1) is 28.4 Å². The first-order chi connectivity index (χ1) is 14.0. The number of amides is 1. The van der Waals surface area contributed by atoms with Gasteiger partial charge >= 0.3 is 0 Å². The fraction of sp³-hybridized carbons (Fsp3) is 0.350. The monoisotopic (exact) mass is 410 g/mol. The van der Waals surface area contributed by atoms with Gasteiger partial charge in [0.25, 0.3) is 5.91 Å². The van der Waals surface area contributed by atoms with Crippen LogP contribution in [0.25, 0.3) is 10.6 Å². The lowest BCUT2D eigenvalue weighted by Crippen LogP contribution is -2.37. The molecule has 1 aliphatic rings. The molecule has 1 saturated heterocycles. The quantitative estimate of drug-likeness (QED) is 0.691. The lowest BCUT2D eigenvalue weighted by atomic mass is 10.2. The van der Waals surface area contributed by atoms with Crippen LogP contribution in [0, 0.1) is 13.8 Å². The third-order valence-corrected chi connectivity index (χ3v) is 5.85. The zero-order chi connectivity index (χ0) is 20.4. The highest BCUT2D eigenvalue weighted by Gasteiger charge is 2.26. The number of rotatable bonds is 5. The molecular weight excluding hydrogens is 388 g/mol. The Morgan fingerprint density at radius 2 is 2.10 bits per heavy atom. The fourth-order valence-corrected chi connectivity index (χ4v) is 4.26. The van der Waals surface area contributed by atoms with Gasteiger partial charge in [0, 0.05) is 31.4 Å². The topological polar surface area (TPSA) is 93.1 Å². The van der Waals surface area contributed by atoms with E-state index in [1.165, 1.54) is 7.11 Å². The predicted octanol–water partition coefficient (Wildman–Crippen LogP) is 2.63. The second-order valence-electron chi connectivity index (χ2n) is 6.86. The Morgan fingerprint density at radius 1 is 1.24 bits per heavy atom. The summed E-state index contributed by atoms with van der Waals surface area (Å²) < 4.78 is 5.09. The number of thiazole rings is 1. The molecule has 0 bridgehead atoms. The predicted molar refractivity (Wildman–Crippen MR) is 111 cm³/mol. The molecule has 3 aromatic rings. The summed E-state index contributed by atoms with van der Waals surface area (Å²) in [6, 6.07) is 7.06. The summed E-state index contributed by atoms with van der Waals surface area (Å²) in [6.07, 6.45) is 2.60. The molecule has 0 radical (unpaired) electrons. The number of ether oxygens (including phenoxy) is 1. The summed E-state index contributed by atoms with van der Waals surface area (Å²) >= 11 is 1.63. The molecule has 0 aromatic carbocycles. The van der Waals surface area contributed by atoms with Crippen molar-refractivity contribution in [2.24, 2.45) is 0 Å². The number of aromatic nitrogens is 4. The summed E-state index contributed by atoms with van der Waals surface area (Å²) in [7, 11) is 1.53. The van der Waals surface area contributed by atoms with Crippen molar-refractivity contribution in [3.63, 3.8) is 0 Å². The smallest absolute Gasteiger partial charge is 0.270 e. The van der Waals surface area contributed by atoms with E-state index < -0.39 is 0 Å². The van der Waals surface area contributed by atoms with Crippen molar-refractivity contribution in [3.05, 3.63) is 46.9 Å². The molecule has 4 heterocycles. The highest BCUT2D eigenvalue weighted by molar-refractivity contribution is 7.15. The molecule has 8 nitrogen and oxygen atoms in total. The molecule has 1 atom stereocenters. The highest BCUT2D eigenvalue weighted by atomic mass is 32.1. The van der Waals surface area contributed by atoms with Gasteiger partial charge < -0.3 is 15.0 Å². The summed E-state index contributed by atoms with van der Waals surface area (Å²) in [5.74, 6) is 0.884. The van der Waals surface area contributed by atoms with Crippen molar-refractivity contribution in [2.45, 2.75) is 26.3 Å². The van der Waals surface area contributed by atoms with E-state index in [0.29, 0.717) is 24.1 Å². The van der Waals surface area contributed by atoms with Gasteiger partial charge in [-0.15, -0.1) is 11.3 Å². The number of nitrogens with one attached hydrogen (secondary N) is 1. The fourth-order valence-electron chi connectivity index (χ4n) is 3.37. The van der Waals surface area contributed by atoms with Gasteiger partial charge in [0.2, 0.25) is 11.8 Å². The minimum atomic E-state index is -0.207. The van der Waals surface area contributed by atoms with Gasteiger partial charge in [-0.25, -0.2) is 19.9 Å². The van der Waals surface area contributed by atoms with Crippen molar-refractivity contribution in [1.82, 2.24) is 25.3 Å². The Kier molecular flexibility index (Phi) is 5.39. The molecule has 1 N–H and O–H groups in total. The molecule has 1 amide bonds. The van der Waals surface area contributed by atoms with E-state index in [1.54, 1.807) is 35.7 Å². The maximum Gasteiger partial charge on any atom is 0.270 e. The van der Waals surface area contributed by atoms with E-state index in [-0.39, 0.29) is 11.9 Å². The Bertz CT molecular complexity index is 1040. The van der Waals surface area contributed by atoms with Crippen LogP contribution >= 0.6 is 11.3 Å². The molecule has 0 saturated carbocycles. The van der Waals surface area contributed by atoms with Crippen LogP contribution in [0.15, 0.2) is 30.5 Å². The third-order valence-electron chi connectivity index (χ3n) is 4.75. The number of carbonyl (C=O) groups excluding carboxylic acids is 1. The first kappa shape index (κ1) is 19.3. The standard InChI is InChI=1S/C20H22N6O2S/c1-12-18(29-13(2)22-12)15-7-9-21-20(25-15)26-10-8-14(11-26)23-19(27)16-5-4-6-17(24-16)28-3/h4-7,9,14H,8,10-11H2,1-3H3,(H,23,27). The summed E-state index contributed by atoms with van der Waals surface area (Å²) in [5.41, 5.74) is 2.21. The normalized spacial score (nSPS) is 16.1. The van der Waals surface area contributed by atoms with Crippen LogP contribution in [-0.2, 0) is 0 Å². The average molecular weight is 411 g/mol. The van der Waals surface area contributed by atoms with Crippen LogP contribution in [0.3, 0.4) is 0 Å². The average Bonchev–Trinajstić information content (AvgIpc) is 3.34. The summed E-state index contributed by atoms with van der Waals surface area (Å²) in [4.78, 5) is 33.5. The summed E-state index contributed by atoms with van der Waals surface area (Å²) in [5, 5.41) is 4.06. The zero-order valence-electron chi connectivity index (χ0n) is 16.5. The maximum atomic E-state index is 12.5. The van der Waals surface area contributed by atoms with Crippen molar-refractivity contribution in [2.75, 3.05) is 25.1 Å². The lowest BCUT2D eigenvalue weighted by molar-refractivity contribution is 0.0934. The Morgan fingerprint density at radius 3 is 2.86 bits per heavy atom. The van der Waals surface area contributed by atoms with E-state index >= 15 is 0 Å². The SMILES string of the molecule is COc1cccc(C(=O)NC2CCN(c3nccc(-c4sc(C)nc4C)n3)C2)n1. The number of anilines is 1. The van der Waals surface area contributed by atoms with Gasteiger partial charge in [-0.2, -0.15) is 0 Å². The van der Waals surface area contributed by atoms with Crippen molar-refractivity contribution in [3.8, 4) is 16.5 Å². The van der Waals surface area contributed by atoms with Gasteiger partial charge in [-0.05, 0) is 32.4 Å². The van der Waals surface area contributed by atoms with Crippen LogP contribution in [0.1, 0.15) is 27.6 Å². The Labute approximate surface area is 173 Å². The van der Waals surface area contributed by atoms with Gasteiger partial charge in [0.1, 0.15) is 5.69 Å². The second kappa shape index (κ2) is 8.12. The van der Waals surface area contributed by atoms with Crippen molar-refractivity contribution < 1.29 is 9.53 Å². The van der Waals surface area contributed by atoms with Gasteiger partial charge in [-0.1, -0.05) is 6.07 Å². The molecule has 9 heteroatoms. The van der Waals surface area contributed by atoms with Crippen LogP contribution in [0.5, 0.6) is 5.88 Å². The minimum absolute atomic E-state index is 0.00939. The van der Waals surface area contributed by atoms with Gasteiger partial charge in [-0.3, -0.25) is 4.79 Å². The zero-order valence-corrected chi connectivity index (χ0v) is 17.4. The Balaban J connectivity index is 1.44. The number of pyridine rings is 1. The van der Waals surface area contributed by atoms with E-state index in [0.717, 1.165) is 34.2 Å². The van der Waals surface area contributed by atoms with E-state index in [9.17, 15) is 4.79 Å². The second-order valence-corrected chi connectivity index (χ2v) is 8.06. The molecule has 4 rings (SSSR count). The third kappa shape index (κ3) is 4.19. The molecular formula is C20H22N6O2S. The molecule has 1 fully saturated rings. The van der Waals surface area contributed by atoms with Crippen molar-refractivity contribution in [1.29, 1.82) is 0 Å². The molecule has 0 spiro atoms.